The van der Waals surface area contributed by atoms with E-state index in [1.165, 1.54) is 0 Å². The van der Waals surface area contributed by atoms with E-state index in [1.807, 2.05) is 32.5 Å². The zero-order chi connectivity index (χ0) is 9.99. The molecule has 0 unspecified atom stereocenters. The first-order valence-corrected chi connectivity index (χ1v) is 4.26. The summed E-state index contributed by atoms with van der Waals surface area (Å²) in [4.78, 5) is 5.27. The van der Waals surface area contributed by atoms with Crippen LogP contribution in [0.1, 0.15) is 41.5 Å². The molecule has 72 valence electrons. The molecular weight excluding hydrogens is 152 g/mol. The molecule has 0 saturated carbocycles. The first-order valence-electron chi connectivity index (χ1n) is 4.26. The van der Waals surface area contributed by atoms with Crippen molar-refractivity contribution in [3.05, 3.63) is 0 Å². The van der Waals surface area contributed by atoms with Crippen LogP contribution in [0, 0.1) is 0 Å². The highest BCUT2D eigenvalue weighted by Crippen LogP contribution is 2.10. The third kappa shape index (κ3) is 5.10. The fraction of sp³-hybridized carbons (Fsp3) is 1.00. The summed E-state index contributed by atoms with van der Waals surface area (Å²) in [5.41, 5.74) is -0.190. The van der Waals surface area contributed by atoms with Gasteiger partial charge in [-0.05, 0) is 20.8 Å². The second-order valence-corrected chi connectivity index (χ2v) is 4.98. The standard InChI is InChI=1S/C9H21N2O/c1-8(2,3)11(7)10-12-9(4,5)6/h1-7H3/q+1. The van der Waals surface area contributed by atoms with Crippen LogP contribution >= 0.6 is 0 Å². The lowest BCUT2D eigenvalue weighted by Crippen LogP contribution is -2.30. The van der Waals surface area contributed by atoms with Crippen LogP contribution in [0.4, 0.5) is 0 Å². The van der Waals surface area contributed by atoms with Gasteiger partial charge in [0.15, 0.2) is 17.9 Å². The second-order valence-electron chi connectivity index (χ2n) is 4.98. The molecule has 3 heteroatoms. The highest BCUT2D eigenvalue weighted by Gasteiger charge is 2.23. The highest BCUT2D eigenvalue weighted by molar-refractivity contribution is 4.56. The van der Waals surface area contributed by atoms with Crippen molar-refractivity contribution in [3.63, 3.8) is 0 Å². The normalized spacial score (nSPS) is 14.8. The molecule has 0 bridgehead atoms. The van der Waals surface area contributed by atoms with Crippen molar-refractivity contribution in [3.8, 4) is 0 Å². The van der Waals surface area contributed by atoms with E-state index >= 15 is 0 Å². The van der Waals surface area contributed by atoms with Crippen molar-refractivity contribution in [1.29, 1.82) is 0 Å². The smallest absolute Gasteiger partial charge is 0.187 e. The molecule has 0 fully saturated rings. The van der Waals surface area contributed by atoms with Gasteiger partial charge in [0.2, 0.25) is 0 Å². The van der Waals surface area contributed by atoms with Gasteiger partial charge < -0.3 is 4.84 Å². The van der Waals surface area contributed by atoms with Gasteiger partial charge in [0.1, 0.15) is 5.60 Å². The molecule has 0 atom stereocenters. The van der Waals surface area contributed by atoms with Gasteiger partial charge >= 0.3 is 0 Å². The van der Waals surface area contributed by atoms with Gasteiger partial charge in [-0.1, -0.05) is 4.70 Å². The molecule has 0 radical (unpaired) electrons. The summed E-state index contributed by atoms with van der Waals surface area (Å²) in [6, 6.07) is 0. The molecule has 0 aliphatic carbocycles. The van der Waals surface area contributed by atoms with Crippen LogP contribution in [0.2, 0.25) is 0 Å². The van der Waals surface area contributed by atoms with Crippen LogP contribution in [-0.4, -0.2) is 22.9 Å². The van der Waals surface area contributed by atoms with E-state index in [9.17, 15) is 0 Å². The summed E-state index contributed by atoms with van der Waals surface area (Å²) in [6.45, 7) is 12.2. The Hall–Kier alpha value is -0.600. The third-order valence-corrected chi connectivity index (χ3v) is 1.41. The predicted molar refractivity (Wildman–Crippen MR) is 49.2 cm³/mol. The minimum atomic E-state index is -0.209. The third-order valence-electron chi connectivity index (χ3n) is 1.41. The summed E-state index contributed by atoms with van der Waals surface area (Å²) in [5, 5.41) is 4.00. The van der Waals surface area contributed by atoms with E-state index in [4.69, 9.17) is 4.84 Å². The maximum Gasteiger partial charge on any atom is 0.187 e. The number of nitrogens with zero attached hydrogens (tertiary/aromatic N) is 2. The summed E-state index contributed by atoms with van der Waals surface area (Å²) in [5.74, 6) is 0. The van der Waals surface area contributed by atoms with Gasteiger partial charge in [0, 0.05) is 20.8 Å². The SMILES string of the molecule is C[N+](=NOC(C)(C)C)C(C)(C)C. The molecule has 0 N–H and O–H groups in total. The van der Waals surface area contributed by atoms with E-state index in [0.717, 1.165) is 0 Å². The summed E-state index contributed by atoms with van der Waals surface area (Å²) >= 11 is 0. The molecule has 0 spiro atoms. The van der Waals surface area contributed by atoms with Gasteiger partial charge in [-0.25, -0.2) is 0 Å². The minimum Gasteiger partial charge on any atom is -0.342 e. The van der Waals surface area contributed by atoms with Crippen LogP contribution in [0.3, 0.4) is 0 Å². The van der Waals surface area contributed by atoms with E-state index in [0.29, 0.717) is 0 Å². The van der Waals surface area contributed by atoms with E-state index in [1.54, 1.807) is 0 Å². The second kappa shape index (κ2) is 3.42. The summed E-state index contributed by atoms with van der Waals surface area (Å²) in [7, 11) is 1.91. The number of hydrogen-bond donors (Lipinski definition) is 0. The number of hydrogen-bond acceptors (Lipinski definition) is 2. The molecule has 12 heavy (non-hydrogen) atoms. The van der Waals surface area contributed by atoms with Crippen LogP contribution in [-0.2, 0) is 4.84 Å². The van der Waals surface area contributed by atoms with Crippen molar-refractivity contribution < 1.29 is 9.53 Å². The Bertz CT molecular complexity index is 172. The molecule has 0 amide bonds. The van der Waals surface area contributed by atoms with Crippen molar-refractivity contribution in [2.45, 2.75) is 52.7 Å². The molecule has 0 rings (SSSR count). The molecule has 0 aliphatic rings. The van der Waals surface area contributed by atoms with Gasteiger partial charge in [-0.15, -0.1) is 0 Å². The Morgan fingerprint density at radius 3 is 1.67 bits per heavy atom. The Kier molecular flexibility index (Phi) is 3.25. The highest BCUT2D eigenvalue weighted by atomic mass is 16.7. The zero-order valence-electron chi connectivity index (χ0n) is 9.30. The maximum absolute atomic E-state index is 5.27. The molecular formula is C9H21N2O+. The van der Waals surface area contributed by atoms with E-state index in [-0.39, 0.29) is 11.1 Å². The molecule has 0 saturated heterocycles. The van der Waals surface area contributed by atoms with Gasteiger partial charge in [0.25, 0.3) is 0 Å². The average molecular weight is 173 g/mol. The monoisotopic (exact) mass is 173 g/mol. The van der Waals surface area contributed by atoms with Crippen LogP contribution in [0.5, 0.6) is 0 Å². The lowest BCUT2D eigenvalue weighted by molar-refractivity contribution is -0.656. The Labute approximate surface area is 75.4 Å². The van der Waals surface area contributed by atoms with Crippen molar-refractivity contribution in [2.24, 2.45) is 5.28 Å². The average Bonchev–Trinajstić information content (AvgIpc) is 1.78. The molecule has 3 nitrogen and oxygen atoms in total. The van der Waals surface area contributed by atoms with Crippen molar-refractivity contribution >= 4 is 0 Å². The molecule has 0 aromatic carbocycles. The van der Waals surface area contributed by atoms with E-state index < -0.39 is 0 Å². The van der Waals surface area contributed by atoms with Gasteiger partial charge in [0.05, 0.1) is 0 Å². The summed E-state index contributed by atoms with van der Waals surface area (Å²) < 4.78 is 1.82. The maximum atomic E-state index is 5.27. The van der Waals surface area contributed by atoms with Crippen LogP contribution < -0.4 is 0 Å². The molecule has 0 aliphatic heterocycles. The Balaban J connectivity index is 4.21. The fourth-order valence-corrected chi connectivity index (χ4v) is 0.306. The van der Waals surface area contributed by atoms with Gasteiger partial charge in [-0.3, -0.25) is 0 Å². The first kappa shape index (κ1) is 11.4. The summed E-state index contributed by atoms with van der Waals surface area (Å²) in [6.07, 6.45) is 0. The Morgan fingerprint density at radius 2 is 1.42 bits per heavy atom. The van der Waals surface area contributed by atoms with Crippen molar-refractivity contribution in [1.82, 2.24) is 0 Å². The van der Waals surface area contributed by atoms with Crippen LogP contribution in [0.15, 0.2) is 5.28 Å². The van der Waals surface area contributed by atoms with Crippen LogP contribution in [0.25, 0.3) is 0 Å². The topological polar surface area (TPSA) is 24.6 Å². The molecule has 0 heterocycles. The largest absolute Gasteiger partial charge is 0.342 e. The zero-order valence-corrected chi connectivity index (χ0v) is 9.30. The quantitative estimate of drug-likeness (QED) is 0.340. The molecule has 0 aromatic rings. The lowest BCUT2D eigenvalue weighted by Gasteiger charge is -2.15. The van der Waals surface area contributed by atoms with Gasteiger partial charge in [-0.2, -0.15) is 0 Å². The van der Waals surface area contributed by atoms with Crippen molar-refractivity contribution in [2.75, 3.05) is 7.05 Å². The first-order chi connectivity index (χ1) is 5.13. The predicted octanol–water partition coefficient (Wildman–Crippen LogP) is 2.61. The van der Waals surface area contributed by atoms with E-state index in [2.05, 4.69) is 26.0 Å². The lowest BCUT2D eigenvalue weighted by atomic mass is 10.1. The molecule has 0 aromatic heterocycles. The number of rotatable bonds is 1. The minimum absolute atomic E-state index is 0.0191. The fourth-order valence-electron chi connectivity index (χ4n) is 0.306. The Morgan fingerprint density at radius 1 is 1.00 bits per heavy atom.